The Kier molecular flexibility index (Phi) is 4.18. The first kappa shape index (κ1) is 14.7. The first-order chi connectivity index (χ1) is 9.39. The third-order valence-corrected chi connectivity index (χ3v) is 3.43. The highest BCUT2D eigenvalue weighted by molar-refractivity contribution is 7.80. The van der Waals surface area contributed by atoms with Gasteiger partial charge >= 0.3 is 6.18 Å². The van der Waals surface area contributed by atoms with Crippen LogP contribution in [0.2, 0.25) is 0 Å². The SMILES string of the molecule is Cc1cccc(C=Nc2ccccc2C(F)(F)F)c1S. The molecule has 0 heterocycles. The molecule has 0 N–H and O–H groups in total. The van der Waals surface area contributed by atoms with E-state index in [9.17, 15) is 13.2 Å². The number of thiol groups is 1. The largest absolute Gasteiger partial charge is 0.418 e. The van der Waals surface area contributed by atoms with E-state index >= 15 is 0 Å². The van der Waals surface area contributed by atoms with Crippen molar-refractivity contribution >= 4 is 24.5 Å². The van der Waals surface area contributed by atoms with Crippen LogP contribution in [0.4, 0.5) is 18.9 Å². The summed E-state index contributed by atoms with van der Waals surface area (Å²) in [5, 5.41) is 0. The van der Waals surface area contributed by atoms with Crippen molar-refractivity contribution in [2.24, 2.45) is 4.99 Å². The molecule has 0 radical (unpaired) electrons. The number of para-hydroxylation sites is 1. The molecule has 0 atom stereocenters. The third-order valence-electron chi connectivity index (χ3n) is 2.82. The zero-order valence-electron chi connectivity index (χ0n) is 10.6. The molecular weight excluding hydrogens is 283 g/mol. The van der Waals surface area contributed by atoms with Crippen LogP contribution in [0.3, 0.4) is 0 Å². The van der Waals surface area contributed by atoms with Crippen molar-refractivity contribution < 1.29 is 13.2 Å². The number of hydrogen-bond donors (Lipinski definition) is 1. The summed E-state index contributed by atoms with van der Waals surface area (Å²) >= 11 is 4.33. The van der Waals surface area contributed by atoms with E-state index in [0.717, 1.165) is 11.6 Å². The van der Waals surface area contributed by atoms with E-state index in [4.69, 9.17) is 0 Å². The molecule has 0 saturated carbocycles. The summed E-state index contributed by atoms with van der Waals surface area (Å²) in [7, 11) is 0. The molecule has 0 spiro atoms. The Bertz CT molecular complexity index is 648. The predicted octanol–water partition coefficient (Wildman–Crippen LogP) is 5.05. The van der Waals surface area contributed by atoms with Crippen LogP contribution in [0, 0.1) is 6.92 Å². The number of benzene rings is 2. The van der Waals surface area contributed by atoms with Gasteiger partial charge in [-0.15, -0.1) is 12.6 Å². The minimum Gasteiger partial charge on any atom is -0.256 e. The number of rotatable bonds is 2. The number of alkyl halides is 3. The molecule has 2 rings (SSSR count). The Labute approximate surface area is 120 Å². The third kappa shape index (κ3) is 3.22. The molecule has 0 unspecified atom stereocenters. The van der Waals surface area contributed by atoms with Crippen LogP contribution in [0.25, 0.3) is 0 Å². The van der Waals surface area contributed by atoms with Gasteiger partial charge in [0.05, 0.1) is 11.3 Å². The van der Waals surface area contributed by atoms with Gasteiger partial charge in [-0.05, 0) is 24.6 Å². The van der Waals surface area contributed by atoms with Gasteiger partial charge in [-0.25, -0.2) is 0 Å². The normalized spacial score (nSPS) is 12.1. The summed E-state index contributed by atoms with van der Waals surface area (Å²) in [5.74, 6) is 0. The number of aliphatic imine (C=N–C) groups is 1. The highest BCUT2D eigenvalue weighted by atomic mass is 32.1. The minimum atomic E-state index is -4.41. The van der Waals surface area contributed by atoms with Gasteiger partial charge in [0, 0.05) is 16.7 Å². The molecule has 0 aliphatic heterocycles. The Balaban J connectivity index is 2.40. The van der Waals surface area contributed by atoms with E-state index < -0.39 is 11.7 Å². The molecule has 0 aromatic heterocycles. The topological polar surface area (TPSA) is 12.4 Å². The van der Waals surface area contributed by atoms with Gasteiger partial charge in [0.2, 0.25) is 0 Å². The molecule has 2 aromatic carbocycles. The molecule has 104 valence electrons. The van der Waals surface area contributed by atoms with E-state index in [2.05, 4.69) is 17.6 Å². The summed E-state index contributed by atoms with van der Waals surface area (Å²) in [6.07, 6.45) is -3.01. The Morgan fingerprint density at radius 1 is 1.05 bits per heavy atom. The second-order valence-electron chi connectivity index (χ2n) is 4.29. The van der Waals surface area contributed by atoms with E-state index in [1.54, 1.807) is 6.07 Å². The Morgan fingerprint density at radius 3 is 2.45 bits per heavy atom. The molecular formula is C15H12F3NS. The van der Waals surface area contributed by atoms with Crippen molar-refractivity contribution in [1.29, 1.82) is 0 Å². The number of halogens is 3. The zero-order chi connectivity index (χ0) is 14.8. The fourth-order valence-corrected chi connectivity index (χ4v) is 1.96. The lowest BCUT2D eigenvalue weighted by Gasteiger charge is -2.09. The Hall–Kier alpha value is -1.75. The average Bonchev–Trinajstić information content (AvgIpc) is 2.40. The van der Waals surface area contributed by atoms with Gasteiger partial charge in [-0.1, -0.05) is 30.3 Å². The highest BCUT2D eigenvalue weighted by Crippen LogP contribution is 2.36. The van der Waals surface area contributed by atoms with Crippen molar-refractivity contribution in [1.82, 2.24) is 0 Å². The van der Waals surface area contributed by atoms with Crippen LogP contribution in [0.15, 0.2) is 52.4 Å². The maximum atomic E-state index is 12.8. The van der Waals surface area contributed by atoms with Gasteiger partial charge in [0.25, 0.3) is 0 Å². The first-order valence-corrected chi connectivity index (χ1v) is 6.33. The van der Waals surface area contributed by atoms with E-state index in [-0.39, 0.29) is 5.69 Å². The number of aryl methyl sites for hydroxylation is 1. The molecule has 0 aliphatic rings. The summed E-state index contributed by atoms with van der Waals surface area (Å²) in [4.78, 5) is 4.66. The van der Waals surface area contributed by atoms with Gasteiger partial charge in [-0.2, -0.15) is 13.2 Å². The number of nitrogens with zero attached hydrogens (tertiary/aromatic N) is 1. The van der Waals surface area contributed by atoms with Crippen LogP contribution in [0.5, 0.6) is 0 Å². The standard InChI is InChI=1S/C15H12F3NS/c1-10-5-4-6-11(14(10)20)9-19-13-8-3-2-7-12(13)15(16,17)18/h2-9,20H,1H3. The van der Waals surface area contributed by atoms with Gasteiger partial charge in [-0.3, -0.25) is 4.99 Å². The fourth-order valence-electron chi connectivity index (χ4n) is 1.75. The average molecular weight is 295 g/mol. The van der Waals surface area contributed by atoms with Gasteiger partial charge in [0.1, 0.15) is 0 Å². The molecule has 5 heteroatoms. The van der Waals surface area contributed by atoms with Crippen molar-refractivity contribution in [3.05, 3.63) is 59.2 Å². The zero-order valence-corrected chi connectivity index (χ0v) is 11.5. The predicted molar refractivity (Wildman–Crippen MR) is 77.1 cm³/mol. The first-order valence-electron chi connectivity index (χ1n) is 5.88. The second-order valence-corrected chi connectivity index (χ2v) is 4.73. The van der Waals surface area contributed by atoms with Crippen LogP contribution < -0.4 is 0 Å². The summed E-state index contributed by atoms with van der Waals surface area (Å²) in [6, 6.07) is 10.7. The van der Waals surface area contributed by atoms with Crippen molar-refractivity contribution in [3.8, 4) is 0 Å². The molecule has 2 aromatic rings. The van der Waals surface area contributed by atoms with Crippen molar-refractivity contribution in [3.63, 3.8) is 0 Å². The minimum absolute atomic E-state index is 0.103. The summed E-state index contributed by atoms with van der Waals surface area (Å²) in [5.41, 5.74) is 0.783. The van der Waals surface area contributed by atoms with E-state index in [0.29, 0.717) is 10.5 Å². The molecule has 0 bridgehead atoms. The maximum absolute atomic E-state index is 12.8. The molecule has 0 saturated heterocycles. The van der Waals surface area contributed by atoms with Crippen LogP contribution in [0.1, 0.15) is 16.7 Å². The molecule has 20 heavy (non-hydrogen) atoms. The second kappa shape index (κ2) is 5.71. The van der Waals surface area contributed by atoms with Gasteiger partial charge in [0.15, 0.2) is 0 Å². The van der Waals surface area contributed by atoms with Crippen LogP contribution in [-0.4, -0.2) is 6.21 Å². The van der Waals surface area contributed by atoms with Crippen LogP contribution >= 0.6 is 12.6 Å². The monoisotopic (exact) mass is 295 g/mol. The summed E-state index contributed by atoms with van der Waals surface area (Å²) < 4.78 is 38.5. The van der Waals surface area contributed by atoms with E-state index in [1.165, 1.54) is 24.4 Å². The summed E-state index contributed by atoms with van der Waals surface area (Å²) in [6.45, 7) is 1.88. The molecule has 0 amide bonds. The lowest BCUT2D eigenvalue weighted by Crippen LogP contribution is -2.04. The van der Waals surface area contributed by atoms with E-state index in [1.807, 2.05) is 19.1 Å². The maximum Gasteiger partial charge on any atom is 0.418 e. The Morgan fingerprint density at radius 2 is 1.75 bits per heavy atom. The molecule has 0 aliphatic carbocycles. The lowest BCUT2D eigenvalue weighted by atomic mass is 10.1. The highest BCUT2D eigenvalue weighted by Gasteiger charge is 2.32. The van der Waals surface area contributed by atoms with Crippen molar-refractivity contribution in [2.75, 3.05) is 0 Å². The van der Waals surface area contributed by atoms with Gasteiger partial charge < -0.3 is 0 Å². The smallest absolute Gasteiger partial charge is 0.256 e. The molecule has 0 fully saturated rings. The van der Waals surface area contributed by atoms with Crippen LogP contribution in [-0.2, 0) is 6.18 Å². The molecule has 1 nitrogen and oxygen atoms in total. The quantitative estimate of drug-likeness (QED) is 0.588. The number of hydrogen-bond acceptors (Lipinski definition) is 2. The lowest BCUT2D eigenvalue weighted by molar-refractivity contribution is -0.137. The van der Waals surface area contributed by atoms with Crippen molar-refractivity contribution in [2.45, 2.75) is 18.0 Å². The fraction of sp³-hybridized carbons (Fsp3) is 0.133.